The fourth-order valence-electron chi connectivity index (χ4n) is 0.0900. The number of nitrogens with two attached hydrogens (primary N) is 1. The number of carbonyl (C=O) groups is 1. The molecule has 4 nitrogen and oxygen atoms in total. The lowest BCUT2D eigenvalue weighted by atomic mass is 10.7. The average Bonchev–Trinajstić information content (AvgIpc) is 1.61. The third-order valence-electron chi connectivity index (χ3n) is 0.260. The van der Waals surface area contributed by atoms with E-state index in [0.29, 0.717) is 0 Å². The van der Waals surface area contributed by atoms with Crippen molar-refractivity contribution < 1.29 is 13.9 Å². The van der Waals surface area contributed by atoms with Crippen molar-refractivity contribution in [2.75, 3.05) is 6.61 Å². The van der Waals surface area contributed by atoms with E-state index < -0.39 is 14.6 Å². The third-order valence-corrected chi connectivity index (χ3v) is 0.494. The summed E-state index contributed by atoms with van der Waals surface area (Å²) in [5, 5.41) is 0. The lowest BCUT2D eigenvalue weighted by Crippen LogP contribution is -2.15. The summed E-state index contributed by atoms with van der Waals surface area (Å²) in [5.74, 6) is -0.622. The Morgan fingerprint density at radius 2 is 2.43 bits per heavy atom. The SMILES string of the molecule is NC(=O)COP=O. The van der Waals surface area contributed by atoms with Gasteiger partial charge in [0.1, 0.15) is 6.61 Å². The Morgan fingerprint density at radius 1 is 1.86 bits per heavy atom. The first kappa shape index (κ1) is 6.53. The van der Waals surface area contributed by atoms with Crippen molar-refractivity contribution in [1.82, 2.24) is 0 Å². The van der Waals surface area contributed by atoms with Crippen molar-refractivity contribution in [1.29, 1.82) is 0 Å². The summed E-state index contributed by atoms with van der Waals surface area (Å²) in [4.78, 5) is 9.71. The van der Waals surface area contributed by atoms with Gasteiger partial charge in [-0.1, -0.05) is 0 Å². The van der Waals surface area contributed by atoms with Crippen molar-refractivity contribution in [3.63, 3.8) is 0 Å². The molecule has 0 saturated carbocycles. The van der Waals surface area contributed by atoms with Crippen molar-refractivity contribution in [3.8, 4) is 0 Å². The minimum Gasteiger partial charge on any atom is -0.368 e. The number of primary amides is 1. The molecule has 0 radical (unpaired) electrons. The van der Waals surface area contributed by atoms with E-state index in [0.717, 1.165) is 0 Å². The predicted molar refractivity (Wildman–Crippen MR) is 22.8 cm³/mol. The molecule has 2 N–H and O–H groups in total. The van der Waals surface area contributed by atoms with Crippen LogP contribution < -0.4 is 5.73 Å². The van der Waals surface area contributed by atoms with E-state index in [4.69, 9.17) is 0 Å². The van der Waals surface area contributed by atoms with Gasteiger partial charge in [0, 0.05) is 0 Å². The molecule has 40 valence electrons. The first-order valence-electron chi connectivity index (χ1n) is 1.50. The Hall–Kier alpha value is -0.470. The van der Waals surface area contributed by atoms with Crippen LogP contribution in [0, 0.1) is 0 Å². The minimum absolute atomic E-state index is 0.287. The molecule has 0 saturated heterocycles. The zero-order valence-electron chi connectivity index (χ0n) is 3.46. The quantitative estimate of drug-likeness (QED) is 0.521. The molecule has 0 aromatic rings. The predicted octanol–water partition coefficient (Wildman–Crippen LogP) is -0.305. The Labute approximate surface area is 41.9 Å². The summed E-state index contributed by atoms with van der Waals surface area (Å²) in [6.45, 7) is -0.287. The lowest BCUT2D eigenvalue weighted by molar-refractivity contribution is -0.119. The molecule has 7 heavy (non-hydrogen) atoms. The van der Waals surface area contributed by atoms with Gasteiger partial charge in [0.2, 0.25) is 5.91 Å². The monoisotopic (exact) mass is 121 g/mol. The van der Waals surface area contributed by atoms with E-state index in [1.54, 1.807) is 0 Å². The molecule has 0 rings (SSSR count). The normalized spacial score (nSPS) is 9.14. The van der Waals surface area contributed by atoms with Crippen LogP contribution >= 0.6 is 8.69 Å². The Bertz CT molecular complexity index is 83.0. The zero-order valence-corrected chi connectivity index (χ0v) is 4.35. The van der Waals surface area contributed by atoms with Crippen molar-refractivity contribution in [2.24, 2.45) is 5.73 Å². The highest BCUT2D eigenvalue weighted by Gasteiger charge is 1.89. The van der Waals surface area contributed by atoms with Gasteiger partial charge in [0.05, 0.1) is 0 Å². The highest BCUT2D eigenvalue weighted by molar-refractivity contribution is 7.17. The molecule has 5 heteroatoms. The second kappa shape index (κ2) is 3.71. The maximum atomic E-state index is 9.71. The summed E-state index contributed by atoms with van der Waals surface area (Å²) in [5.41, 5.74) is 4.57. The average molecular weight is 121 g/mol. The van der Waals surface area contributed by atoms with Crippen molar-refractivity contribution in [3.05, 3.63) is 0 Å². The van der Waals surface area contributed by atoms with Gasteiger partial charge in [-0.15, -0.1) is 0 Å². The van der Waals surface area contributed by atoms with Gasteiger partial charge >= 0.3 is 8.69 Å². The molecule has 0 aliphatic carbocycles. The molecule has 0 aliphatic heterocycles. The van der Waals surface area contributed by atoms with Gasteiger partial charge < -0.3 is 5.73 Å². The standard InChI is InChI=1S/C2H4NO3P/c3-2(4)1-6-7-5/h1H2,(H2,3,4). The Kier molecular flexibility index (Phi) is 3.46. The number of amides is 1. The van der Waals surface area contributed by atoms with Gasteiger partial charge in [-0.2, -0.15) is 0 Å². The summed E-state index contributed by atoms with van der Waals surface area (Å²) in [7, 11) is -0.511. The Balaban J connectivity index is 2.97. The van der Waals surface area contributed by atoms with Crippen LogP contribution in [0.2, 0.25) is 0 Å². The van der Waals surface area contributed by atoms with Crippen LogP contribution in [0.5, 0.6) is 0 Å². The first-order chi connectivity index (χ1) is 3.27. The molecule has 0 aromatic carbocycles. The van der Waals surface area contributed by atoms with E-state index in [9.17, 15) is 9.36 Å². The van der Waals surface area contributed by atoms with Crippen LogP contribution in [0.25, 0.3) is 0 Å². The van der Waals surface area contributed by atoms with Crippen LogP contribution in [-0.4, -0.2) is 12.5 Å². The molecule has 0 atom stereocenters. The second-order valence-electron chi connectivity index (χ2n) is 0.814. The largest absolute Gasteiger partial charge is 0.368 e. The van der Waals surface area contributed by atoms with Gasteiger partial charge in [0.25, 0.3) is 0 Å². The lowest BCUT2D eigenvalue weighted by Gasteiger charge is -1.82. The molecule has 0 aromatic heterocycles. The molecule has 0 fully saturated rings. The number of rotatable bonds is 3. The molecule has 1 amide bonds. The first-order valence-corrected chi connectivity index (χ1v) is 2.23. The third kappa shape index (κ3) is 5.53. The summed E-state index contributed by atoms with van der Waals surface area (Å²) in [6.07, 6.45) is 0. The summed E-state index contributed by atoms with van der Waals surface area (Å²) < 4.78 is 13.4. The number of hydrogen-bond donors (Lipinski definition) is 1. The van der Waals surface area contributed by atoms with E-state index in [1.807, 2.05) is 0 Å². The topological polar surface area (TPSA) is 69.4 Å². The van der Waals surface area contributed by atoms with E-state index in [1.165, 1.54) is 0 Å². The van der Waals surface area contributed by atoms with Crippen LogP contribution in [-0.2, 0) is 13.9 Å². The molecular formula is C2H4NO3P. The van der Waals surface area contributed by atoms with Crippen molar-refractivity contribution >= 4 is 14.6 Å². The number of hydrogen-bond acceptors (Lipinski definition) is 3. The summed E-state index contributed by atoms with van der Waals surface area (Å²) >= 11 is 0. The molecular weight excluding hydrogens is 117 g/mol. The van der Waals surface area contributed by atoms with E-state index in [-0.39, 0.29) is 6.61 Å². The van der Waals surface area contributed by atoms with Crippen LogP contribution in [0.4, 0.5) is 0 Å². The fourth-order valence-corrected chi connectivity index (χ4v) is 0.270. The van der Waals surface area contributed by atoms with E-state index in [2.05, 4.69) is 10.3 Å². The molecule has 0 unspecified atom stereocenters. The smallest absolute Gasteiger partial charge is 0.327 e. The molecule has 0 bridgehead atoms. The van der Waals surface area contributed by atoms with Gasteiger partial charge in [-0.3, -0.25) is 9.32 Å². The van der Waals surface area contributed by atoms with Gasteiger partial charge in [-0.25, -0.2) is 4.57 Å². The molecule has 0 spiro atoms. The maximum Gasteiger partial charge on any atom is 0.327 e. The fraction of sp³-hybridized carbons (Fsp3) is 0.500. The van der Waals surface area contributed by atoms with Crippen LogP contribution in [0.3, 0.4) is 0 Å². The van der Waals surface area contributed by atoms with E-state index >= 15 is 0 Å². The second-order valence-corrected chi connectivity index (χ2v) is 1.22. The molecule has 0 aliphatic rings. The van der Waals surface area contributed by atoms with Crippen molar-refractivity contribution in [2.45, 2.75) is 0 Å². The summed E-state index contributed by atoms with van der Waals surface area (Å²) in [6, 6.07) is 0. The number of carbonyl (C=O) groups excluding carboxylic acids is 1. The van der Waals surface area contributed by atoms with Gasteiger partial charge in [0.15, 0.2) is 0 Å². The van der Waals surface area contributed by atoms with Crippen LogP contribution in [0.1, 0.15) is 0 Å². The highest BCUT2D eigenvalue weighted by Crippen LogP contribution is 1.89. The minimum atomic E-state index is -0.622. The zero-order chi connectivity index (χ0) is 5.70. The Morgan fingerprint density at radius 3 is 2.57 bits per heavy atom. The van der Waals surface area contributed by atoms with Crippen LogP contribution in [0.15, 0.2) is 0 Å². The molecule has 0 heterocycles. The van der Waals surface area contributed by atoms with Gasteiger partial charge in [-0.05, 0) is 0 Å². The highest BCUT2D eigenvalue weighted by atomic mass is 31.1. The maximum absolute atomic E-state index is 9.71.